The summed E-state index contributed by atoms with van der Waals surface area (Å²) in [6, 6.07) is 0. The fourth-order valence-corrected chi connectivity index (χ4v) is 6.95. The molecule has 0 aliphatic heterocycles. The van der Waals surface area contributed by atoms with Crippen molar-refractivity contribution in [3.05, 3.63) is 146 Å². The molecule has 0 aromatic heterocycles. The predicted octanol–water partition coefficient (Wildman–Crippen LogP) is 18.4. The highest BCUT2D eigenvalue weighted by molar-refractivity contribution is 5.71. The zero-order chi connectivity index (χ0) is 50.0. The van der Waals surface area contributed by atoms with E-state index in [4.69, 9.17) is 14.2 Å². The van der Waals surface area contributed by atoms with Crippen LogP contribution in [-0.2, 0) is 28.6 Å². The molecular weight excluding hydrogens is 853 g/mol. The summed E-state index contributed by atoms with van der Waals surface area (Å²) in [5.41, 5.74) is 0. The molecule has 0 radical (unpaired) electrons. The van der Waals surface area contributed by atoms with Crippen molar-refractivity contribution in [2.45, 2.75) is 219 Å². The van der Waals surface area contributed by atoms with Gasteiger partial charge in [0.05, 0.1) is 0 Å². The third-order valence-electron chi connectivity index (χ3n) is 10.9. The van der Waals surface area contributed by atoms with E-state index in [-0.39, 0.29) is 37.5 Å². The first-order valence-electron chi connectivity index (χ1n) is 27.4. The van der Waals surface area contributed by atoms with Gasteiger partial charge in [0.15, 0.2) is 6.10 Å². The van der Waals surface area contributed by atoms with Crippen molar-refractivity contribution in [3.8, 4) is 0 Å². The Kier molecular flexibility index (Phi) is 52.1. The maximum absolute atomic E-state index is 12.8. The lowest BCUT2D eigenvalue weighted by atomic mass is 10.1. The van der Waals surface area contributed by atoms with E-state index in [2.05, 4.69) is 112 Å². The third kappa shape index (κ3) is 54.1. The molecule has 0 saturated heterocycles. The molecule has 386 valence electrons. The van der Waals surface area contributed by atoms with Crippen molar-refractivity contribution < 1.29 is 28.6 Å². The first kappa shape index (κ1) is 64.3. The lowest BCUT2D eigenvalue weighted by molar-refractivity contribution is -0.167. The second kappa shape index (κ2) is 55.9. The Hall–Kier alpha value is -4.71. The Labute approximate surface area is 423 Å². The molecule has 0 aromatic rings. The highest BCUT2D eigenvalue weighted by Gasteiger charge is 2.19. The average molecular weight is 951 g/mol. The molecule has 0 saturated carbocycles. The summed E-state index contributed by atoms with van der Waals surface area (Å²) in [5.74, 6) is -1.02. The SMILES string of the molecule is CC\C=C/C=C\C=C/C=C\C=C/CCCC(=O)OCC(COC(=O)CCCCCCCC/C=C\C/C=C\C/C=C\C/C=C\CC)OC(=O)CCCCCCCCCCC/C=C\C/C=C\C/C=C\CC. The van der Waals surface area contributed by atoms with Gasteiger partial charge in [-0.05, 0) is 103 Å². The number of allylic oxidation sites excluding steroid dienone is 24. The molecule has 1 atom stereocenters. The van der Waals surface area contributed by atoms with E-state index in [1.807, 2.05) is 54.7 Å². The highest BCUT2D eigenvalue weighted by atomic mass is 16.6. The van der Waals surface area contributed by atoms with E-state index in [1.54, 1.807) is 0 Å². The summed E-state index contributed by atoms with van der Waals surface area (Å²) in [6.07, 6.45) is 79.8. The molecule has 1 unspecified atom stereocenters. The smallest absolute Gasteiger partial charge is 0.306 e. The zero-order valence-corrected chi connectivity index (χ0v) is 44.0. The van der Waals surface area contributed by atoms with Crippen LogP contribution in [0.15, 0.2) is 146 Å². The van der Waals surface area contributed by atoms with Crippen LogP contribution in [0.2, 0.25) is 0 Å². The van der Waals surface area contributed by atoms with E-state index < -0.39 is 6.10 Å². The second-order valence-corrected chi connectivity index (χ2v) is 17.5. The predicted molar refractivity (Wildman–Crippen MR) is 297 cm³/mol. The van der Waals surface area contributed by atoms with Gasteiger partial charge >= 0.3 is 17.9 Å². The van der Waals surface area contributed by atoms with Crippen molar-refractivity contribution >= 4 is 17.9 Å². The molecule has 6 nitrogen and oxygen atoms in total. The molecule has 0 N–H and O–H groups in total. The molecule has 0 heterocycles. The summed E-state index contributed by atoms with van der Waals surface area (Å²) >= 11 is 0. The van der Waals surface area contributed by atoms with E-state index in [0.717, 1.165) is 116 Å². The quantitative estimate of drug-likeness (QED) is 0.0199. The summed E-state index contributed by atoms with van der Waals surface area (Å²) in [6.45, 7) is 6.18. The van der Waals surface area contributed by atoms with Gasteiger partial charge in [0.1, 0.15) is 13.2 Å². The maximum atomic E-state index is 12.8. The van der Waals surface area contributed by atoms with Gasteiger partial charge in [-0.1, -0.05) is 237 Å². The maximum Gasteiger partial charge on any atom is 0.306 e. The van der Waals surface area contributed by atoms with Gasteiger partial charge in [-0.2, -0.15) is 0 Å². The Bertz CT molecular complexity index is 1560. The summed E-state index contributed by atoms with van der Waals surface area (Å²) < 4.78 is 16.8. The minimum atomic E-state index is -0.823. The molecule has 6 heteroatoms. The van der Waals surface area contributed by atoms with Crippen molar-refractivity contribution in [1.29, 1.82) is 0 Å². The van der Waals surface area contributed by atoms with Crippen LogP contribution in [-0.4, -0.2) is 37.2 Å². The molecule has 0 aliphatic rings. The monoisotopic (exact) mass is 951 g/mol. The van der Waals surface area contributed by atoms with Crippen molar-refractivity contribution in [1.82, 2.24) is 0 Å². The molecule has 69 heavy (non-hydrogen) atoms. The number of hydrogen-bond acceptors (Lipinski definition) is 6. The fourth-order valence-electron chi connectivity index (χ4n) is 6.95. The lowest BCUT2D eigenvalue weighted by Gasteiger charge is -2.18. The number of carbonyl (C=O) groups is 3. The fraction of sp³-hybridized carbons (Fsp3) is 0.571. The number of ether oxygens (including phenoxy) is 3. The molecule has 0 fully saturated rings. The van der Waals surface area contributed by atoms with Crippen LogP contribution >= 0.6 is 0 Å². The Morgan fingerprint density at radius 3 is 1.03 bits per heavy atom. The largest absolute Gasteiger partial charge is 0.462 e. The van der Waals surface area contributed by atoms with Gasteiger partial charge in [0, 0.05) is 19.3 Å². The Balaban J connectivity index is 4.50. The van der Waals surface area contributed by atoms with Gasteiger partial charge < -0.3 is 14.2 Å². The molecule has 0 rings (SSSR count). The first-order valence-corrected chi connectivity index (χ1v) is 27.4. The van der Waals surface area contributed by atoms with Crippen LogP contribution in [0.5, 0.6) is 0 Å². The average Bonchev–Trinajstić information content (AvgIpc) is 3.35. The Morgan fingerprint density at radius 2 is 0.609 bits per heavy atom. The molecule has 0 aliphatic carbocycles. The second-order valence-electron chi connectivity index (χ2n) is 17.5. The minimum absolute atomic E-state index is 0.116. The van der Waals surface area contributed by atoms with Gasteiger partial charge in [0.25, 0.3) is 0 Å². The molecule has 0 aromatic carbocycles. The van der Waals surface area contributed by atoms with E-state index in [9.17, 15) is 14.4 Å². The van der Waals surface area contributed by atoms with Crippen molar-refractivity contribution in [2.24, 2.45) is 0 Å². The molecule has 0 amide bonds. The minimum Gasteiger partial charge on any atom is -0.462 e. The topological polar surface area (TPSA) is 78.9 Å². The number of unbranched alkanes of at least 4 members (excludes halogenated alkanes) is 16. The van der Waals surface area contributed by atoms with E-state index in [0.29, 0.717) is 19.3 Å². The number of rotatable bonds is 47. The molecular formula is C63H98O6. The van der Waals surface area contributed by atoms with Crippen LogP contribution in [0.3, 0.4) is 0 Å². The van der Waals surface area contributed by atoms with Crippen LogP contribution in [0.25, 0.3) is 0 Å². The van der Waals surface area contributed by atoms with Crippen molar-refractivity contribution in [3.63, 3.8) is 0 Å². The normalized spacial score (nSPS) is 13.3. The van der Waals surface area contributed by atoms with Gasteiger partial charge in [-0.25, -0.2) is 0 Å². The Morgan fingerprint density at radius 1 is 0.304 bits per heavy atom. The summed E-state index contributed by atoms with van der Waals surface area (Å²) in [4.78, 5) is 38.1. The first-order chi connectivity index (χ1) is 34.0. The van der Waals surface area contributed by atoms with Gasteiger partial charge in [-0.3, -0.25) is 14.4 Å². The molecule has 0 bridgehead atoms. The third-order valence-corrected chi connectivity index (χ3v) is 10.9. The van der Waals surface area contributed by atoms with Crippen LogP contribution in [0.4, 0.5) is 0 Å². The van der Waals surface area contributed by atoms with Crippen LogP contribution in [0, 0.1) is 0 Å². The van der Waals surface area contributed by atoms with Gasteiger partial charge in [0.2, 0.25) is 0 Å². The summed E-state index contributed by atoms with van der Waals surface area (Å²) in [5, 5.41) is 0. The van der Waals surface area contributed by atoms with E-state index >= 15 is 0 Å². The van der Waals surface area contributed by atoms with Crippen LogP contribution in [0.1, 0.15) is 213 Å². The van der Waals surface area contributed by atoms with Crippen molar-refractivity contribution in [2.75, 3.05) is 13.2 Å². The number of esters is 3. The number of carbonyl (C=O) groups excluding carboxylic acids is 3. The van der Waals surface area contributed by atoms with Gasteiger partial charge in [-0.15, -0.1) is 0 Å². The van der Waals surface area contributed by atoms with Crippen LogP contribution < -0.4 is 0 Å². The number of hydrogen-bond donors (Lipinski definition) is 0. The standard InChI is InChI=1S/C63H98O6/c1-4-7-10-13-16-19-22-25-27-29-31-33-35-38-41-44-47-50-53-56-62(65)68-59-60(58-67-61(64)55-52-49-46-43-40-37-24-21-18-15-12-9-6-3)69-63(66)57-54-51-48-45-42-39-36-34-32-30-28-26-23-20-17-14-11-8-5-2/h7-12,15-21,24-28,31,33,37,40,43,46,60H,4-6,13-14,22-23,29-30,32,34-36,38-39,41-42,44-45,47-59H2,1-3H3/b10-7-,11-8-,12-9-,18-15-,19-16-,20-17-,24-21-,27-25-,28-26-,33-31-,40-37-,46-43-. The summed E-state index contributed by atoms with van der Waals surface area (Å²) in [7, 11) is 0. The molecule has 0 spiro atoms. The van der Waals surface area contributed by atoms with E-state index in [1.165, 1.54) is 51.4 Å². The lowest BCUT2D eigenvalue weighted by Crippen LogP contribution is -2.30. The zero-order valence-electron chi connectivity index (χ0n) is 44.0. The highest BCUT2D eigenvalue weighted by Crippen LogP contribution is 2.14.